The Morgan fingerprint density at radius 2 is 1.81 bits per heavy atom. The van der Waals surface area contributed by atoms with Gasteiger partial charge in [0.2, 0.25) is 0 Å². The number of hydrogen-bond donors (Lipinski definition) is 4. The molecule has 5 nitrogen and oxygen atoms in total. The number of benzene rings is 2. The van der Waals surface area contributed by atoms with Crippen LogP contribution in [0.25, 0.3) is 10.9 Å². The number of hydrogen-bond acceptors (Lipinski definition) is 4. The third-order valence-electron chi connectivity index (χ3n) is 4.17. The number of ether oxygens (including phenoxy) is 1. The van der Waals surface area contributed by atoms with Crippen LogP contribution in [0, 0.1) is 11.6 Å². The molecule has 172 valence electrons. The predicted molar refractivity (Wildman–Crippen MR) is 126 cm³/mol. The van der Waals surface area contributed by atoms with Crippen LogP contribution < -0.4 is 11.3 Å². The number of halogens is 3. The van der Waals surface area contributed by atoms with E-state index in [0.717, 1.165) is 29.5 Å². The molecule has 4 rings (SSSR count). The van der Waals surface area contributed by atoms with E-state index in [4.69, 9.17) is 15.7 Å². The van der Waals surface area contributed by atoms with Crippen LogP contribution in [0.3, 0.4) is 0 Å². The van der Waals surface area contributed by atoms with E-state index in [2.05, 4.69) is 10.4 Å². The van der Waals surface area contributed by atoms with Gasteiger partial charge in [0, 0.05) is 29.4 Å². The Morgan fingerprint density at radius 3 is 2.32 bits per heavy atom. The molecule has 8 heteroatoms. The molecule has 0 bridgehead atoms. The van der Waals surface area contributed by atoms with Gasteiger partial charge in [-0.3, -0.25) is 5.84 Å². The second-order valence-corrected chi connectivity index (χ2v) is 6.37. The van der Waals surface area contributed by atoms with E-state index >= 15 is 0 Å². The van der Waals surface area contributed by atoms with Crippen LogP contribution in [0.2, 0.25) is 0 Å². The van der Waals surface area contributed by atoms with Crippen molar-refractivity contribution in [3.05, 3.63) is 78.2 Å². The Balaban J connectivity index is 0.000000459. The number of aromatic amines is 1. The Bertz CT molecular complexity index is 878. The van der Waals surface area contributed by atoms with E-state index in [0.29, 0.717) is 12.1 Å². The third kappa shape index (κ3) is 10.3. The van der Waals surface area contributed by atoms with E-state index in [-0.39, 0.29) is 38.1 Å². The molecule has 0 amide bonds. The minimum absolute atomic E-state index is 0. The number of nitrogens with two attached hydrogens (primary N) is 1. The molecule has 2 aromatic carbocycles. The van der Waals surface area contributed by atoms with Crippen molar-refractivity contribution in [2.75, 3.05) is 18.6 Å². The first-order valence-electron chi connectivity index (χ1n) is 9.49. The highest BCUT2D eigenvalue weighted by atomic mass is 35.5. The van der Waals surface area contributed by atoms with Gasteiger partial charge < -0.3 is 20.3 Å². The summed E-state index contributed by atoms with van der Waals surface area (Å²) < 4.78 is 30.0. The van der Waals surface area contributed by atoms with Crippen molar-refractivity contribution < 1.29 is 18.6 Å². The molecule has 1 aliphatic rings. The summed E-state index contributed by atoms with van der Waals surface area (Å²) in [6.07, 6.45) is 9.56. The molecule has 5 N–H and O–H groups in total. The monoisotopic (exact) mass is 455 g/mol. The minimum Gasteiger partial charge on any atom is -0.502 e. The van der Waals surface area contributed by atoms with Gasteiger partial charge in [-0.1, -0.05) is 7.43 Å². The fraction of sp³-hybridized carbons (Fsp3) is 0.304. The van der Waals surface area contributed by atoms with Gasteiger partial charge in [-0.2, -0.15) is 0 Å². The topological polar surface area (TPSA) is 83.3 Å². The maximum atomic E-state index is 13.0. The van der Waals surface area contributed by atoms with E-state index in [1.807, 2.05) is 12.3 Å². The summed E-state index contributed by atoms with van der Waals surface area (Å²) in [6, 6.07) is 10.5. The second kappa shape index (κ2) is 16.1. The van der Waals surface area contributed by atoms with Crippen LogP contribution >= 0.6 is 12.4 Å². The molecule has 0 saturated carbocycles. The quantitative estimate of drug-likeness (QED) is 0.300. The van der Waals surface area contributed by atoms with Gasteiger partial charge in [0.05, 0.1) is 12.9 Å². The molecule has 2 heterocycles. The summed E-state index contributed by atoms with van der Waals surface area (Å²) in [5.41, 5.74) is 5.10. The van der Waals surface area contributed by atoms with Crippen molar-refractivity contribution in [2.45, 2.75) is 33.1 Å². The molecule has 3 aromatic rings. The highest BCUT2D eigenvalue weighted by Gasteiger charge is 2.03. The van der Waals surface area contributed by atoms with Gasteiger partial charge in [0.25, 0.3) is 0 Å². The number of aliphatic hydroxyl groups is 1. The molecule has 0 radical (unpaired) electrons. The average molecular weight is 456 g/mol. The van der Waals surface area contributed by atoms with Crippen LogP contribution in [0.15, 0.2) is 61.0 Å². The summed E-state index contributed by atoms with van der Waals surface area (Å²) in [6.45, 7) is 1.08. The number of nitrogen functional groups attached to an aromatic ring is 1. The zero-order valence-corrected chi connectivity index (χ0v) is 17.4. The fourth-order valence-corrected chi connectivity index (χ4v) is 2.66. The Hall–Kier alpha value is -2.61. The molecule has 0 saturated heterocycles. The van der Waals surface area contributed by atoms with Gasteiger partial charge in [-0.25, -0.2) is 8.78 Å². The van der Waals surface area contributed by atoms with Crippen LogP contribution in [-0.4, -0.2) is 23.3 Å². The molecular weight excluding hydrogens is 424 g/mol. The van der Waals surface area contributed by atoms with Gasteiger partial charge in [0.1, 0.15) is 11.6 Å². The molecule has 1 aromatic heterocycles. The van der Waals surface area contributed by atoms with E-state index in [1.54, 1.807) is 24.5 Å². The van der Waals surface area contributed by atoms with E-state index in [1.165, 1.54) is 37.1 Å². The molecule has 0 atom stereocenters. The summed E-state index contributed by atoms with van der Waals surface area (Å²) in [5.74, 6) is 4.55. The van der Waals surface area contributed by atoms with Crippen molar-refractivity contribution in [1.29, 1.82) is 0 Å². The standard InChI is InChI=1S/C11H12FNO.C6H7FN2.C5H8O.CH4.ClH/c12-9-3-4-11-10(6-9)8(7-13-11)2-1-5-14;7-5-1-3-6(9-8)4-2-5;1-2-4-6-5-3-1;;/h3-4,6-7,13-14H,1-2,5H2;1-4,9H,8H2;2,4H,1,3,5H2;1H4;1H. The summed E-state index contributed by atoms with van der Waals surface area (Å²) >= 11 is 0. The first-order valence-corrected chi connectivity index (χ1v) is 9.49. The smallest absolute Gasteiger partial charge is 0.123 e. The lowest BCUT2D eigenvalue weighted by atomic mass is 10.1. The third-order valence-corrected chi connectivity index (χ3v) is 4.17. The lowest BCUT2D eigenvalue weighted by Gasteiger charge is -2.01. The van der Waals surface area contributed by atoms with Crippen LogP contribution in [0.4, 0.5) is 14.5 Å². The maximum absolute atomic E-state index is 13.0. The number of aromatic nitrogens is 1. The highest BCUT2D eigenvalue weighted by molar-refractivity contribution is 5.85. The SMILES string of the molecule is C.C1=COCCC1.Cl.NNc1ccc(F)cc1.OCCCc1c[nH]c2ccc(F)cc12. The van der Waals surface area contributed by atoms with Crippen molar-refractivity contribution in [3.63, 3.8) is 0 Å². The Labute approximate surface area is 188 Å². The number of anilines is 1. The van der Waals surface area contributed by atoms with Crippen molar-refractivity contribution in [1.82, 2.24) is 4.98 Å². The van der Waals surface area contributed by atoms with Crippen LogP contribution in [0.5, 0.6) is 0 Å². The van der Waals surface area contributed by atoms with Crippen molar-refractivity contribution in [2.24, 2.45) is 5.84 Å². The van der Waals surface area contributed by atoms with Gasteiger partial charge in [-0.05, 0) is 79.8 Å². The largest absolute Gasteiger partial charge is 0.502 e. The normalized spacial score (nSPS) is 11.5. The molecule has 0 fully saturated rings. The van der Waals surface area contributed by atoms with E-state index < -0.39 is 0 Å². The van der Waals surface area contributed by atoms with E-state index in [9.17, 15) is 8.78 Å². The van der Waals surface area contributed by atoms with Crippen LogP contribution in [0.1, 0.15) is 32.3 Å². The Kier molecular flexibility index (Phi) is 14.8. The van der Waals surface area contributed by atoms with Crippen molar-refractivity contribution in [3.8, 4) is 0 Å². The molecular formula is C23H32ClF2N3O2. The summed E-state index contributed by atoms with van der Waals surface area (Å²) in [4.78, 5) is 3.08. The van der Waals surface area contributed by atoms with Gasteiger partial charge in [-0.15, -0.1) is 12.4 Å². The molecule has 31 heavy (non-hydrogen) atoms. The number of H-pyrrole nitrogens is 1. The number of hydrazine groups is 1. The van der Waals surface area contributed by atoms with Gasteiger partial charge in [0.15, 0.2) is 0 Å². The number of fused-ring (bicyclic) bond motifs is 1. The summed E-state index contributed by atoms with van der Waals surface area (Å²) in [7, 11) is 0. The number of aliphatic hydroxyl groups excluding tert-OH is 1. The number of aryl methyl sites for hydroxylation is 1. The zero-order chi connectivity index (χ0) is 20.9. The van der Waals surface area contributed by atoms with Crippen LogP contribution in [-0.2, 0) is 11.2 Å². The number of allylic oxidation sites excluding steroid dienone is 1. The highest BCUT2D eigenvalue weighted by Crippen LogP contribution is 2.20. The first-order chi connectivity index (χ1) is 14.1. The molecule has 0 aliphatic carbocycles. The Morgan fingerprint density at radius 1 is 1.10 bits per heavy atom. The number of nitrogens with one attached hydrogen (secondary N) is 2. The second-order valence-electron chi connectivity index (χ2n) is 6.37. The predicted octanol–water partition coefficient (Wildman–Crippen LogP) is 5.71. The van der Waals surface area contributed by atoms with Crippen molar-refractivity contribution >= 4 is 29.0 Å². The average Bonchev–Trinajstić information content (AvgIpc) is 3.17. The maximum Gasteiger partial charge on any atom is 0.123 e. The molecule has 0 spiro atoms. The lowest BCUT2D eigenvalue weighted by molar-refractivity contribution is 0.231. The number of rotatable bonds is 4. The minimum atomic E-state index is -0.256. The zero-order valence-electron chi connectivity index (χ0n) is 16.6. The fourth-order valence-electron chi connectivity index (χ4n) is 2.66. The summed E-state index contributed by atoms with van der Waals surface area (Å²) in [5, 5.41) is 9.62. The first kappa shape index (κ1) is 28.4. The molecule has 1 aliphatic heterocycles. The molecule has 0 unspecified atom stereocenters. The van der Waals surface area contributed by atoms with Gasteiger partial charge >= 0.3 is 0 Å². The lowest BCUT2D eigenvalue weighted by Crippen LogP contribution is -2.05.